The fourth-order valence-electron chi connectivity index (χ4n) is 1.76. The number of nitrogens with two attached hydrogens (primary N) is 1. The summed E-state index contributed by atoms with van der Waals surface area (Å²) in [4.78, 5) is 12.4. The smallest absolute Gasteiger partial charge is 0.115 e. The van der Waals surface area contributed by atoms with Gasteiger partial charge >= 0.3 is 0 Å². The number of nitrogens with one attached hydrogen (secondary N) is 1. The average Bonchev–Trinajstić information content (AvgIpc) is 2.46. The van der Waals surface area contributed by atoms with Gasteiger partial charge in [-0.1, -0.05) is 13.0 Å². The van der Waals surface area contributed by atoms with Crippen LogP contribution in [0.15, 0.2) is 37.1 Å². The van der Waals surface area contributed by atoms with E-state index in [1.807, 2.05) is 12.3 Å². The lowest BCUT2D eigenvalue weighted by Crippen LogP contribution is -2.30. The molecular weight excluding hydrogens is 226 g/mol. The maximum absolute atomic E-state index is 5.58. The summed E-state index contributed by atoms with van der Waals surface area (Å²) >= 11 is 0. The third-order valence-electron chi connectivity index (χ3n) is 2.89. The van der Waals surface area contributed by atoms with Crippen molar-refractivity contribution in [2.24, 2.45) is 5.84 Å². The Hall–Kier alpha value is -1.85. The van der Waals surface area contributed by atoms with Gasteiger partial charge in [0.2, 0.25) is 0 Å². The maximum Gasteiger partial charge on any atom is 0.115 e. The van der Waals surface area contributed by atoms with Crippen molar-refractivity contribution in [2.45, 2.75) is 25.8 Å². The van der Waals surface area contributed by atoms with E-state index >= 15 is 0 Å². The number of hydrazine groups is 1. The number of rotatable bonds is 5. The van der Waals surface area contributed by atoms with Crippen molar-refractivity contribution in [3.8, 4) is 0 Å². The predicted molar refractivity (Wildman–Crippen MR) is 69.4 cm³/mol. The van der Waals surface area contributed by atoms with Crippen molar-refractivity contribution in [3.63, 3.8) is 0 Å². The summed E-state index contributed by atoms with van der Waals surface area (Å²) in [6.45, 7) is 2.11. The molecule has 0 spiro atoms. The zero-order valence-corrected chi connectivity index (χ0v) is 10.4. The third kappa shape index (κ3) is 3.09. The fourth-order valence-corrected chi connectivity index (χ4v) is 1.76. The van der Waals surface area contributed by atoms with E-state index in [9.17, 15) is 0 Å². The second kappa shape index (κ2) is 6.18. The minimum absolute atomic E-state index is 0.0221. The molecule has 0 aliphatic carbocycles. The first kappa shape index (κ1) is 12.6. The molecule has 0 saturated heterocycles. The molecule has 1 unspecified atom stereocenters. The Bertz CT molecular complexity index is 469. The van der Waals surface area contributed by atoms with Crippen molar-refractivity contribution >= 4 is 0 Å². The zero-order chi connectivity index (χ0) is 12.8. The Kier molecular flexibility index (Phi) is 4.33. The molecule has 5 nitrogen and oxygen atoms in total. The summed E-state index contributed by atoms with van der Waals surface area (Å²) in [5.41, 5.74) is 5.97. The molecule has 0 saturated carbocycles. The molecule has 0 radical (unpaired) electrons. The van der Waals surface area contributed by atoms with Crippen molar-refractivity contribution in [1.29, 1.82) is 0 Å². The first-order valence-corrected chi connectivity index (χ1v) is 5.98. The molecule has 3 N–H and O–H groups in total. The lowest BCUT2D eigenvalue weighted by Gasteiger charge is -2.15. The van der Waals surface area contributed by atoms with E-state index in [1.165, 1.54) is 11.9 Å². The van der Waals surface area contributed by atoms with E-state index in [1.54, 1.807) is 12.4 Å². The van der Waals surface area contributed by atoms with Crippen LogP contribution in [0.25, 0.3) is 0 Å². The van der Waals surface area contributed by atoms with Crippen LogP contribution in [0.4, 0.5) is 0 Å². The molecule has 5 heteroatoms. The van der Waals surface area contributed by atoms with Crippen molar-refractivity contribution < 1.29 is 0 Å². The van der Waals surface area contributed by atoms with Gasteiger partial charge < -0.3 is 0 Å². The SMILES string of the molecule is CCc1ccc(CC(NN)c2cncnc2)nc1. The highest BCUT2D eigenvalue weighted by Crippen LogP contribution is 2.15. The van der Waals surface area contributed by atoms with Crippen LogP contribution in [0.5, 0.6) is 0 Å². The molecule has 0 fully saturated rings. The Balaban J connectivity index is 2.10. The van der Waals surface area contributed by atoms with E-state index in [-0.39, 0.29) is 6.04 Å². The molecule has 0 amide bonds. The molecule has 1 atom stereocenters. The monoisotopic (exact) mass is 243 g/mol. The molecule has 94 valence electrons. The lowest BCUT2D eigenvalue weighted by atomic mass is 10.0. The molecular formula is C13H17N5. The number of nitrogens with zero attached hydrogens (tertiary/aromatic N) is 3. The highest BCUT2D eigenvalue weighted by atomic mass is 15.2. The molecule has 0 bridgehead atoms. The third-order valence-corrected chi connectivity index (χ3v) is 2.89. The summed E-state index contributed by atoms with van der Waals surface area (Å²) in [5, 5.41) is 0. The highest BCUT2D eigenvalue weighted by Gasteiger charge is 2.11. The quantitative estimate of drug-likeness (QED) is 0.609. The van der Waals surface area contributed by atoms with Gasteiger partial charge in [-0.2, -0.15) is 0 Å². The number of aryl methyl sites for hydroxylation is 1. The van der Waals surface area contributed by atoms with Crippen LogP contribution in [0.1, 0.15) is 29.8 Å². The highest BCUT2D eigenvalue weighted by molar-refractivity contribution is 5.17. The molecule has 18 heavy (non-hydrogen) atoms. The standard InChI is InChI=1S/C13H17N5/c1-2-10-3-4-12(17-6-10)5-13(18-14)11-7-15-9-16-8-11/h3-4,6-9,13,18H,2,5,14H2,1H3. The largest absolute Gasteiger partial charge is 0.271 e. The lowest BCUT2D eigenvalue weighted by molar-refractivity contribution is 0.542. The Morgan fingerprint density at radius 1 is 1.22 bits per heavy atom. The number of aromatic nitrogens is 3. The first-order valence-electron chi connectivity index (χ1n) is 5.98. The molecule has 0 aliphatic heterocycles. The molecule has 2 heterocycles. The van der Waals surface area contributed by atoms with Gasteiger partial charge in [-0.05, 0) is 18.1 Å². The minimum Gasteiger partial charge on any atom is -0.271 e. The van der Waals surface area contributed by atoms with Crippen LogP contribution in [-0.4, -0.2) is 15.0 Å². The van der Waals surface area contributed by atoms with Crippen LogP contribution in [-0.2, 0) is 12.8 Å². The van der Waals surface area contributed by atoms with E-state index in [0.29, 0.717) is 6.42 Å². The normalized spacial score (nSPS) is 12.3. The molecule has 2 aromatic rings. The van der Waals surface area contributed by atoms with E-state index < -0.39 is 0 Å². The Labute approximate surface area is 106 Å². The van der Waals surface area contributed by atoms with E-state index in [2.05, 4.69) is 33.4 Å². The van der Waals surface area contributed by atoms with Crippen molar-refractivity contribution in [2.75, 3.05) is 0 Å². The Morgan fingerprint density at radius 3 is 2.56 bits per heavy atom. The molecule has 0 aromatic carbocycles. The summed E-state index contributed by atoms with van der Waals surface area (Å²) in [5.74, 6) is 5.58. The molecule has 0 aliphatic rings. The summed E-state index contributed by atoms with van der Waals surface area (Å²) in [6, 6.07) is 4.11. The average molecular weight is 243 g/mol. The van der Waals surface area contributed by atoms with Gasteiger partial charge in [-0.3, -0.25) is 16.3 Å². The van der Waals surface area contributed by atoms with Gasteiger partial charge in [0.05, 0.1) is 6.04 Å². The number of pyridine rings is 1. The van der Waals surface area contributed by atoms with E-state index in [4.69, 9.17) is 5.84 Å². The number of hydrogen-bond acceptors (Lipinski definition) is 5. The molecule has 2 aromatic heterocycles. The van der Waals surface area contributed by atoms with Gasteiger partial charge in [-0.25, -0.2) is 9.97 Å². The van der Waals surface area contributed by atoms with Crippen LogP contribution < -0.4 is 11.3 Å². The topological polar surface area (TPSA) is 76.7 Å². The fraction of sp³-hybridized carbons (Fsp3) is 0.308. The van der Waals surface area contributed by atoms with E-state index in [0.717, 1.165) is 17.7 Å². The predicted octanol–water partition coefficient (Wildman–Crippen LogP) is 1.18. The van der Waals surface area contributed by atoms with Crippen LogP contribution in [0, 0.1) is 0 Å². The zero-order valence-electron chi connectivity index (χ0n) is 10.4. The number of hydrogen-bond donors (Lipinski definition) is 2. The second-order valence-corrected chi connectivity index (χ2v) is 4.11. The maximum atomic E-state index is 5.58. The summed E-state index contributed by atoms with van der Waals surface area (Å²) in [7, 11) is 0. The van der Waals surface area contributed by atoms with Gasteiger partial charge in [0.15, 0.2) is 0 Å². The van der Waals surface area contributed by atoms with Gasteiger partial charge in [-0.15, -0.1) is 0 Å². The van der Waals surface area contributed by atoms with Crippen LogP contribution in [0.3, 0.4) is 0 Å². The van der Waals surface area contributed by atoms with Crippen molar-refractivity contribution in [3.05, 3.63) is 53.9 Å². The summed E-state index contributed by atoms with van der Waals surface area (Å²) < 4.78 is 0. The van der Waals surface area contributed by atoms with Gasteiger partial charge in [0.1, 0.15) is 6.33 Å². The van der Waals surface area contributed by atoms with Gasteiger partial charge in [0, 0.05) is 36.3 Å². The van der Waals surface area contributed by atoms with Crippen LogP contribution in [0.2, 0.25) is 0 Å². The van der Waals surface area contributed by atoms with Crippen LogP contribution >= 0.6 is 0 Å². The summed E-state index contributed by atoms with van der Waals surface area (Å²) in [6.07, 6.45) is 8.65. The molecule has 2 rings (SSSR count). The Morgan fingerprint density at radius 2 is 2.00 bits per heavy atom. The van der Waals surface area contributed by atoms with Gasteiger partial charge in [0.25, 0.3) is 0 Å². The van der Waals surface area contributed by atoms with Crippen molar-refractivity contribution in [1.82, 2.24) is 20.4 Å². The minimum atomic E-state index is -0.0221. The first-order chi connectivity index (χ1) is 8.83. The second-order valence-electron chi connectivity index (χ2n) is 4.11.